The molecule has 3 aromatic rings. The van der Waals surface area contributed by atoms with Crippen LogP contribution in [0.4, 0.5) is 0 Å². The number of carbonyl (C=O) groups excluding carboxylic acids is 1. The van der Waals surface area contributed by atoms with Crippen LogP contribution < -0.4 is 0 Å². The van der Waals surface area contributed by atoms with E-state index in [1.165, 1.54) is 17.9 Å². The van der Waals surface area contributed by atoms with Crippen molar-refractivity contribution in [1.29, 1.82) is 0 Å². The van der Waals surface area contributed by atoms with Gasteiger partial charge in [-0.3, -0.25) is 0 Å². The maximum absolute atomic E-state index is 11.5. The van der Waals surface area contributed by atoms with E-state index in [-0.39, 0.29) is 5.97 Å². The summed E-state index contributed by atoms with van der Waals surface area (Å²) in [4.78, 5) is 11.5. The Hall–Kier alpha value is -2.65. The van der Waals surface area contributed by atoms with Crippen LogP contribution in [0, 0.1) is 0 Å². The first-order valence-electron chi connectivity index (χ1n) is 7.41. The molecule has 0 aliphatic rings. The van der Waals surface area contributed by atoms with E-state index in [4.69, 9.17) is 9.47 Å². The highest BCUT2D eigenvalue weighted by Crippen LogP contribution is 2.25. The van der Waals surface area contributed by atoms with Crippen LogP contribution in [-0.2, 0) is 16.1 Å². The topological polar surface area (TPSA) is 35.5 Å². The summed E-state index contributed by atoms with van der Waals surface area (Å²) in [5, 5.41) is 2.37. The molecule has 0 saturated carbocycles. The number of hydrogen-bond acceptors (Lipinski definition) is 3. The van der Waals surface area contributed by atoms with E-state index in [2.05, 4.69) is 36.4 Å². The molecule has 0 N–H and O–H groups in total. The number of rotatable bonds is 4. The fraction of sp³-hybridized carbons (Fsp3) is 0.150. The summed E-state index contributed by atoms with van der Waals surface area (Å²) >= 11 is 0. The predicted molar refractivity (Wildman–Crippen MR) is 91.4 cm³/mol. The van der Waals surface area contributed by atoms with E-state index in [0.29, 0.717) is 12.2 Å². The van der Waals surface area contributed by atoms with E-state index in [1.54, 1.807) is 19.2 Å². The first-order valence-corrected chi connectivity index (χ1v) is 7.41. The first kappa shape index (κ1) is 15.3. The summed E-state index contributed by atoms with van der Waals surface area (Å²) in [5.41, 5.74) is 3.91. The van der Waals surface area contributed by atoms with Crippen LogP contribution in [0.5, 0.6) is 0 Å². The number of fused-ring (bicyclic) bond motifs is 1. The SMILES string of the molecule is COCc1ccc2cc(-c3ccc(C(=O)OC)cc3)ccc2c1. The average molecular weight is 306 g/mol. The maximum atomic E-state index is 11.5. The second-order valence-corrected chi connectivity index (χ2v) is 5.40. The Balaban J connectivity index is 1.93. The number of carbonyl (C=O) groups is 1. The van der Waals surface area contributed by atoms with Crippen molar-refractivity contribution in [1.82, 2.24) is 0 Å². The van der Waals surface area contributed by atoms with Crippen molar-refractivity contribution < 1.29 is 14.3 Å². The lowest BCUT2D eigenvalue weighted by Gasteiger charge is -2.07. The quantitative estimate of drug-likeness (QED) is 0.668. The summed E-state index contributed by atoms with van der Waals surface area (Å²) in [5.74, 6) is -0.319. The molecule has 3 heteroatoms. The smallest absolute Gasteiger partial charge is 0.337 e. The zero-order chi connectivity index (χ0) is 16.2. The van der Waals surface area contributed by atoms with Crippen LogP contribution in [0.1, 0.15) is 15.9 Å². The standard InChI is InChI=1S/C20H18O3/c1-22-13-14-3-4-19-12-18(10-9-17(19)11-14)15-5-7-16(8-6-15)20(21)23-2/h3-12H,13H2,1-2H3. The normalized spacial score (nSPS) is 10.7. The third-order valence-electron chi connectivity index (χ3n) is 3.85. The lowest BCUT2D eigenvalue weighted by atomic mass is 9.99. The fourth-order valence-corrected chi connectivity index (χ4v) is 2.65. The number of hydrogen-bond donors (Lipinski definition) is 0. The molecule has 3 aromatic carbocycles. The Labute approximate surface area is 135 Å². The maximum Gasteiger partial charge on any atom is 0.337 e. The number of methoxy groups -OCH3 is 2. The molecular weight excluding hydrogens is 288 g/mol. The summed E-state index contributed by atoms with van der Waals surface area (Å²) in [6, 6.07) is 20.1. The van der Waals surface area contributed by atoms with Crippen molar-refractivity contribution in [2.45, 2.75) is 6.61 Å². The molecule has 23 heavy (non-hydrogen) atoms. The van der Waals surface area contributed by atoms with Crippen LogP contribution in [0.15, 0.2) is 60.7 Å². The largest absolute Gasteiger partial charge is 0.465 e. The molecule has 3 nitrogen and oxygen atoms in total. The van der Waals surface area contributed by atoms with Crippen LogP contribution in [0.2, 0.25) is 0 Å². The van der Waals surface area contributed by atoms with Gasteiger partial charge in [0.25, 0.3) is 0 Å². The zero-order valence-electron chi connectivity index (χ0n) is 13.2. The van der Waals surface area contributed by atoms with Crippen molar-refractivity contribution in [3.05, 3.63) is 71.8 Å². The minimum atomic E-state index is -0.319. The van der Waals surface area contributed by atoms with Gasteiger partial charge in [0.05, 0.1) is 19.3 Å². The van der Waals surface area contributed by atoms with Crippen LogP contribution in [-0.4, -0.2) is 20.2 Å². The molecule has 0 spiro atoms. The van der Waals surface area contributed by atoms with Crippen molar-refractivity contribution in [2.75, 3.05) is 14.2 Å². The average Bonchev–Trinajstić information content (AvgIpc) is 2.61. The molecule has 0 aromatic heterocycles. The van der Waals surface area contributed by atoms with Crippen molar-refractivity contribution in [3.63, 3.8) is 0 Å². The molecule has 0 bridgehead atoms. The second kappa shape index (κ2) is 6.63. The number of ether oxygens (including phenoxy) is 2. The lowest BCUT2D eigenvalue weighted by Crippen LogP contribution is -2.00. The van der Waals surface area contributed by atoms with E-state index >= 15 is 0 Å². The van der Waals surface area contributed by atoms with Gasteiger partial charge in [-0.25, -0.2) is 4.79 Å². The van der Waals surface area contributed by atoms with Crippen molar-refractivity contribution in [2.24, 2.45) is 0 Å². The zero-order valence-corrected chi connectivity index (χ0v) is 13.2. The van der Waals surface area contributed by atoms with Gasteiger partial charge in [-0.1, -0.05) is 36.4 Å². The van der Waals surface area contributed by atoms with E-state index in [9.17, 15) is 4.79 Å². The fourth-order valence-electron chi connectivity index (χ4n) is 2.65. The molecule has 3 rings (SSSR count). The van der Waals surface area contributed by atoms with Gasteiger partial charge >= 0.3 is 5.97 Å². The molecule has 0 amide bonds. The van der Waals surface area contributed by atoms with Crippen LogP contribution in [0.3, 0.4) is 0 Å². The van der Waals surface area contributed by atoms with Crippen molar-refractivity contribution in [3.8, 4) is 11.1 Å². The van der Waals surface area contributed by atoms with Gasteiger partial charge in [-0.2, -0.15) is 0 Å². The molecule has 0 fully saturated rings. The van der Waals surface area contributed by atoms with Gasteiger partial charge in [0.1, 0.15) is 0 Å². The molecule has 0 unspecified atom stereocenters. The Morgan fingerprint density at radius 2 is 1.48 bits per heavy atom. The van der Waals surface area contributed by atoms with Crippen molar-refractivity contribution >= 4 is 16.7 Å². The minimum Gasteiger partial charge on any atom is -0.465 e. The van der Waals surface area contributed by atoms with Crippen LogP contribution >= 0.6 is 0 Å². The molecule has 0 aliphatic heterocycles. The molecule has 0 saturated heterocycles. The molecule has 0 atom stereocenters. The summed E-state index contributed by atoms with van der Waals surface area (Å²) in [6.07, 6.45) is 0. The molecular formula is C20H18O3. The lowest BCUT2D eigenvalue weighted by molar-refractivity contribution is 0.0601. The van der Waals surface area contributed by atoms with Gasteiger partial charge in [0.15, 0.2) is 0 Å². The molecule has 0 aliphatic carbocycles. The molecule has 0 radical (unpaired) electrons. The minimum absolute atomic E-state index is 0.319. The third-order valence-corrected chi connectivity index (χ3v) is 3.85. The Kier molecular flexibility index (Phi) is 4.40. The molecule has 0 heterocycles. The van der Waals surface area contributed by atoms with Gasteiger partial charge < -0.3 is 9.47 Å². The highest BCUT2D eigenvalue weighted by Gasteiger charge is 2.06. The summed E-state index contributed by atoms with van der Waals surface area (Å²) < 4.78 is 9.89. The first-order chi connectivity index (χ1) is 11.2. The highest BCUT2D eigenvalue weighted by atomic mass is 16.5. The third kappa shape index (κ3) is 3.25. The van der Waals surface area contributed by atoms with Gasteiger partial charge in [-0.05, 0) is 51.7 Å². The monoisotopic (exact) mass is 306 g/mol. The Morgan fingerprint density at radius 3 is 2.17 bits per heavy atom. The number of benzene rings is 3. The second-order valence-electron chi connectivity index (χ2n) is 5.40. The Bertz CT molecular complexity index is 835. The highest BCUT2D eigenvalue weighted by molar-refractivity contribution is 5.91. The van der Waals surface area contributed by atoms with E-state index in [1.807, 2.05) is 12.1 Å². The van der Waals surface area contributed by atoms with E-state index < -0.39 is 0 Å². The van der Waals surface area contributed by atoms with Gasteiger partial charge in [-0.15, -0.1) is 0 Å². The number of esters is 1. The van der Waals surface area contributed by atoms with E-state index in [0.717, 1.165) is 16.7 Å². The predicted octanol–water partition coefficient (Wildman–Crippen LogP) is 4.44. The van der Waals surface area contributed by atoms with Gasteiger partial charge in [0.2, 0.25) is 0 Å². The molecule has 116 valence electrons. The summed E-state index contributed by atoms with van der Waals surface area (Å²) in [6.45, 7) is 0.618. The van der Waals surface area contributed by atoms with Crippen LogP contribution in [0.25, 0.3) is 21.9 Å². The summed E-state index contributed by atoms with van der Waals surface area (Å²) in [7, 11) is 3.09. The van der Waals surface area contributed by atoms with Gasteiger partial charge in [0, 0.05) is 7.11 Å². The Morgan fingerprint density at radius 1 is 0.826 bits per heavy atom.